The molecule has 1 atom stereocenters. The van der Waals surface area contributed by atoms with Crippen molar-refractivity contribution >= 4 is 29.2 Å². The van der Waals surface area contributed by atoms with Crippen molar-refractivity contribution in [1.82, 2.24) is 0 Å². The molecule has 1 aliphatic heterocycles. The van der Waals surface area contributed by atoms with E-state index >= 15 is 0 Å². The Morgan fingerprint density at radius 3 is 2.69 bits per heavy atom. The second-order valence-corrected chi connectivity index (χ2v) is 6.17. The molecule has 0 spiro atoms. The van der Waals surface area contributed by atoms with Gasteiger partial charge in [0.05, 0.1) is 18.4 Å². The first-order valence-corrected chi connectivity index (χ1v) is 8.44. The first-order chi connectivity index (χ1) is 12.6. The van der Waals surface area contributed by atoms with Crippen molar-refractivity contribution in [3.8, 4) is 0 Å². The number of nitrogens with one attached hydrogen (secondary N) is 2. The molecule has 0 saturated carbocycles. The summed E-state index contributed by atoms with van der Waals surface area (Å²) < 4.78 is 4.72. The number of carbonyl (C=O) groups excluding carboxylic acids is 3. The van der Waals surface area contributed by atoms with Crippen LogP contribution in [0.15, 0.2) is 48.5 Å². The molecule has 1 aliphatic rings. The van der Waals surface area contributed by atoms with E-state index in [-0.39, 0.29) is 24.2 Å². The third kappa shape index (κ3) is 3.91. The van der Waals surface area contributed by atoms with Crippen LogP contribution in [0.4, 0.5) is 11.4 Å². The van der Waals surface area contributed by atoms with E-state index in [4.69, 9.17) is 4.74 Å². The van der Waals surface area contributed by atoms with Crippen LogP contribution < -0.4 is 10.6 Å². The minimum absolute atomic E-state index is 0.0635. The summed E-state index contributed by atoms with van der Waals surface area (Å²) in [5, 5.41) is 5.61. The number of ether oxygens (including phenoxy) is 1. The molecular formula is C20H20N2O4. The van der Waals surface area contributed by atoms with E-state index < -0.39 is 5.97 Å². The van der Waals surface area contributed by atoms with E-state index in [1.807, 2.05) is 24.3 Å². The average molecular weight is 352 g/mol. The van der Waals surface area contributed by atoms with Crippen molar-refractivity contribution in [2.24, 2.45) is 5.92 Å². The highest BCUT2D eigenvalue weighted by atomic mass is 16.5. The van der Waals surface area contributed by atoms with Gasteiger partial charge in [-0.25, -0.2) is 4.79 Å². The summed E-state index contributed by atoms with van der Waals surface area (Å²) >= 11 is 0. The maximum Gasteiger partial charge on any atom is 0.339 e. The molecule has 0 saturated heterocycles. The predicted octanol–water partition coefficient (Wildman–Crippen LogP) is 3.00. The van der Waals surface area contributed by atoms with Gasteiger partial charge in [-0.15, -0.1) is 0 Å². The monoisotopic (exact) mass is 352 g/mol. The number of carbonyl (C=O) groups is 3. The number of methoxy groups -OCH3 is 1. The molecule has 134 valence electrons. The topological polar surface area (TPSA) is 84.5 Å². The van der Waals surface area contributed by atoms with Gasteiger partial charge in [0.1, 0.15) is 0 Å². The molecule has 3 rings (SSSR count). The summed E-state index contributed by atoms with van der Waals surface area (Å²) in [6.45, 7) is 0. The van der Waals surface area contributed by atoms with Crippen molar-refractivity contribution < 1.29 is 19.1 Å². The molecule has 2 aromatic rings. The highest BCUT2D eigenvalue weighted by Crippen LogP contribution is 2.27. The van der Waals surface area contributed by atoms with Crippen LogP contribution in [0.25, 0.3) is 0 Å². The van der Waals surface area contributed by atoms with Crippen molar-refractivity contribution in [3.63, 3.8) is 0 Å². The fourth-order valence-electron chi connectivity index (χ4n) is 3.04. The Labute approximate surface area is 151 Å². The van der Waals surface area contributed by atoms with Crippen molar-refractivity contribution in [2.75, 3.05) is 17.7 Å². The smallest absolute Gasteiger partial charge is 0.339 e. The summed E-state index contributed by atoms with van der Waals surface area (Å²) in [6, 6.07) is 14.3. The van der Waals surface area contributed by atoms with Crippen molar-refractivity contribution in [1.29, 1.82) is 0 Å². The standard InChI is InChI=1S/C20H20N2O4/c1-26-20(25)15-7-3-5-9-17(15)21-18(23)11-10-14-12-13-6-2-4-8-16(13)22-19(14)24/h2-9,14H,10-12H2,1H3,(H,21,23)(H,22,24)/t14-/m0/s1. The molecule has 1 heterocycles. The molecule has 2 amide bonds. The molecule has 2 aromatic carbocycles. The Balaban J connectivity index is 1.60. The van der Waals surface area contributed by atoms with Gasteiger partial charge in [-0.05, 0) is 36.6 Å². The van der Waals surface area contributed by atoms with Gasteiger partial charge in [-0.3, -0.25) is 9.59 Å². The van der Waals surface area contributed by atoms with Gasteiger partial charge in [0.15, 0.2) is 0 Å². The van der Waals surface area contributed by atoms with Crippen LogP contribution in [0.2, 0.25) is 0 Å². The minimum atomic E-state index is -0.510. The zero-order valence-electron chi connectivity index (χ0n) is 14.5. The van der Waals surface area contributed by atoms with Crippen LogP contribution >= 0.6 is 0 Å². The first kappa shape index (κ1) is 17.7. The lowest BCUT2D eigenvalue weighted by atomic mass is 9.89. The molecule has 0 unspecified atom stereocenters. The fraction of sp³-hybridized carbons (Fsp3) is 0.250. The highest BCUT2D eigenvalue weighted by Gasteiger charge is 2.26. The van der Waals surface area contributed by atoms with E-state index in [0.29, 0.717) is 24.1 Å². The summed E-state index contributed by atoms with van der Waals surface area (Å²) in [4.78, 5) is 36.2. The lowest BCUT2D eigenvalue weighted by Gasteiger charge is -2.24. The molecule has 2 N–H and O–H groups in total. The third-order valence-electron chi connectivity index (χ3n) is 4.44. The maximum absolute atomic E-state index is 12.3. The van der Waals surface area contributed by atoms with Crippen LogP contribution in [0.1, 0.15) is 28.8 Å². The predicted molar refractivity (Wildman–Crippen MR) is 97.9 cm³/mol. The molecular weight excluding hydrogens is 332 g/mol. The molecule has 26 heavy (non-hydrogen) atoms. The Bertz CT molecular complexity index is 847. The molecule has 0 aliphatic carbocycles. The van der Waals surface area contributed by atoms with Gasteiger partial charge in [-0.1, -0.05) is 30.3 Å². The zero-order valence-corrected chi connectivity index (χ0v) is 14.5. The molecule has 0 radical (unpaired) electrons. The first-order valence-electron chi connectivity index (χ1n) is 8.44. The largest absolute Gasteiger partial charge is 0.465 e. The van der Waals surface area contributed by atoms with Gasteiger partial charge in [-0.2, -0.15) is 0 Å². The number of fused-ring (bicyclic) bond motifs is 1. The number of benzene rings is 2. The zero-order chi connectivity index (χ0) is 18.5. The Kier molecular flexibility index (Phi) is 5.31. The second kappa shape index (κ2) is 7.82. The highest BCUT2D eigenvalue weighted by molar-refractivity contribution is 6.01. The Morgan fingerprint density at radius 1 is 1.15 bits per heavy atom. The summed E-state index contributed by atoms with van der Waals surface area (Å²) in [5.74, 6) is -1.06. The Morgan fingerprint density at radius 2 is 1.88 bits per heavy atom. The van der Waals surface area contributed by atoms with Crippen LogP contribution in [-0.2, 0) is 20.7 Å². The van der Waals surface area contributed by atoms with E-state index in [1.54, 1.807) is 24.3 Å². The summed E-state index contributed by atoms with van der Waals surface area (Å²) in [6.07, 6.45) is 1.25. The van der Waals surface area contributed by atoms with Gasteiger partial charge in [0.2, 0.25) is 11.8 Å². The number of hydrogen-bond donors (Lipinski definition) is 2. The maximum atomic E-state index is 12.3. The average Bonchev–Trinajstić information content (AvgIpc) is 2.66. The number of rotatable bonds is 5. The van der Waals surface area contributed by atoms with E-state index in [9.17, 15) is 14.4 Å². The lowest BCUT2D eigenvalue weighted by Crippen LogP contribution is -2.30. The van der Waals surface area contributed by atoms with Crippen LogP contribution in [0.3, 0.4) is 0 Å². The second-order valence-electron chi connectivity index (χ2n) is 6.17. The number of amides is 2. The van der Waals surface area contributed by atoms with Crippen LogP contribution in [0, 0.1) is 5.92 Å². The summed E-state index contributed by atoms with van der Waals surface area (Å²) in [7, 11) is 1.29. The number of hydrogen-bond acceptors (Lipinski definition) is 4. The molecule has 6 nitrogen and oxygen atoms in total. The third-order valence-corrected chi connectivity index (χ3v) is 4.44. The molecule has 0 aromatic heterocycles. The Hall–Kier alpha value is -3.15. The lowest BCUT2D eigenvalue weighted by molar-refractivity contribution is -0.121. The van der Waals surface area contributed by atoms with Gasteiger partial charge in [0.25, 0.3) is 0 Å². The normalized spacial score (nSPS) is 15.6. The van der Waals surface area contributed by atoms with E-state index in [2.05, 4.69) is 10.6 Å². The van der Waals surface area contributed by atoms with Gasteiger partial charge < -0.3 is 15.4 Å². The van der Waals surface area contributed by atoms with Crippen molar-refractivity contribution in [3.05, 3.63) is 59.7 Å². The number of anilines is 2. The number of para-hydroxylation sites is 2. The molecule has 6 heteroatoms. The summed E-state index contributed by atoms with van der Waals surface area (Å²) in [5.41, 5.74) is 2.62. The van der Waals surface area contributed by atoms with Gasteiger partial charge >= 0.3 is 5.97 Å². The molecule has 0 bridgehead atoms. The van der Waals surface area contributed by atoms with Crippen molar-refractivity contribution in [2.45, 2.75) is 19.3 Å². The van der Waals surface area contributed by atoms with Crippen LogP contribution in [-0.4, -0.2) is 24.9 Å². The minimum Gasteiger partial charge on any atom is -0.465 e. The van der Waals surface area contributed by atoms with E-state index in [1.165, 1.54) is 7.11 Å². The SMILES string of the molecule is COC(=O)c1ccccc1NC(=O)CC[C@H]1Cc2ccccc2NC1=O. The number of esters is 1. The quantitative estimate of drug-likeness (QED) is 0.810. The molecule has 0 fully saturated rings. The van der Waals surface area contributed by atoms with Crippen LogP contribution in [0.5, 0.6) is 0 Å². The van der Waals surface area contributed by atoms with E-state index in [0.717, 1.165) is 11.3 Å². The fourth-order valence-corrected chi connectivity index (χ4v) is 3.04. The van der Waals surface area contributed by atoms with Gasteiger partial charge in [0, 0.05) is 18.0 Å².